The van der Waals surface area contributed by atoms with E-state index in [1.165, 1.54) is 6.42 Å². The lowest BCUT2D eigenvalue weighted by Crippen LogP contribution is -2.16. The molecule has 1 atom stereocenters. The summed E-state index contributed by atoms with van der Waals surface area (Å²) in [6.45, 7) is 7.44. The van der Waals surface area contributed by atoms with Crippen molar-refractivity contribution in [1.82, 2.24) is 9.97 Å². The minimum atomic E-state index is 0.432. The fourth-order valence-electron chi connectivity index (χ4n) is 2.02. The third kappa shape index (κ3) is 3.56. The molecule has 0 radical (unpaired) electrons. The molecule has 4 nitrogen and oxygen atoms in total. The Labute approximate surface area is 118 Å². The van der Waals surface area contributed by atoms with E-state index in [-0.39, 0.29) is 0 Å². The number of fused-ring (bicyclic) bond motifs is 1. The average molecular weight is 278 g/mol. The topological polar surface area (TPSA) is 49.8 Å². The minimum absolute atomic E-state index is 0.432. The molecule has 0 fully saturated rings. The molecular weight excluding hydrogens is 256 g/mol. The number of rotatable bonds is 7. The predicted octanol–water partition coefficient (Wildman–Crippen LogP) is 4.11. The molecule has 2 aromatic rings. The highest BCUT2D eigenvalue weighted by atomic mass is 32.1. The minimum Gasteiger partial charge on any atom is -0.367 e. The van der Waals surface area contributed by atoms with Gasteiger partial charge >= 0.3 is 0 Å². The predicted molar refractivity (Wildman–Crippen MR) is 84.2 cm³/mol. The zero-order valence-corrected chi connectivity index (χ0v) is 12.7. The van der Waals surface area contributed by atoms with E-state index in [1.807, 2.05) is 0 Å². The van der Waals surface area contributed by atoms with Gasteiger partial charge in [0.05, 0.1) is 5.39 Å². The van der Waals surface area contributed by atoms with E-state index in [0.29, 0.717) is 6.04 Å². The Hall–Kier alpha value is -1.36. The van der Waals surface area contributed by atoms with Crippen molar-refractivity contribution in [2.75, 3.05) is 17.2 Å². The van der Waals surface area contributed by atoms with E-state index < -0.39 is 0 Å². The number of nitrogens with one attached hydrogen (secondary N) is 2. The van der Waals surface area contributed by atoms with Crippen LogP contribution < -0.4 is 10.6 Å². The smallest absolute Gasteiger partial charge is 0.226 e. The molecule has 0 aromatic carbocycles. The van der Waals surface area contributed by atoms with E-state index in [2.05, 4.69) is 52.8 Å². The van der Waals surface area contributed by atoms with Gasteiger partial charge in [-0.1, -0.05) is 20.3 Å². The van der Waals surface area contributed by atoms with E-state index in [1.54, 1.807) is 11.3 Å². The third-order valence-corrected chi connectivity index (χ3v) is 3.77. The first-order chi connectivity index (χ1) is 9.24. The summed E-state index contributed by atoms with van der Waals surface area (Å²) in [5, 5.41) is 9.96. The summed E-state index contributed by atoms with van der Waals surface area (Å²) in [4.78, 5) is 10.2. The Balaban J connectivity index is 2.25. The Kier molecular flexibility index (Phi) is 4.96. The van der Waals surface area contributed by atoms with Crippen LogP contribution >= 0.6 is 11.3 Å². The van der Waals surface area contributed by atoms with Crippen molar-refractivity contribution >= 4 is 33.3 Å². The molecule has 0 aliphatic heterocycles. The Bertz CT molecular complexity index is 523. The van der Waals surface area contributed by atoms with Gasteiger partial charge in [-0.2, -0.15) is 4.98 Å². The number of anilines is 2. The van der Waals surface area contributed by atoms with Crippen molar-refractivity contribution in [1.29, 1.82) is 0 Å². The first-order valence-corrected chi connectivity index (χ1v) is 7.88. The zero-order chi connectivity index (χ0) is 13.7. The molecule has 2 aromatic heterocycles. The summed E-state index contributed by atoms with van der Waals surface area (Å²) in [5.41, 5.74) is 0. The highest BCUT2D eigenvalue weighted by Crippen LogP contribution is 2.27. The maximum absolute atomic E-state index is 4.61. The van der Waals surface area contributed by atoms with E-state index in [4.69, 9.17) is 0 Å². The fraction of sp³-hybridized carbons (Fsp3) is 0.571. The molecule has 0 bridgehead atoms. The number of thiophene rings is 1. The van der Waals surface area contributed by atoms with Crippen LogP contribution in [0, 0.1) is 0 Å². The van der Waals surface area contributed by atoms with Gasteiger partial charge in [0.2, 0.25) is 5.95 Å². The van der Waals surface area contributed by atoms with Crippen LogP contribution in [0.2, 0.25) is 0 Å². The molecule has 2 N–H and O–H groups in total. The van der Waals surface area contributed by atoms with Crippen LogP contribution in [0.4, 0.5) is 11.8 Å². The van der Waals surface area contributed by atoms with Crippen molar-refractivity contribution in [3.8, 4) is 0 Å². The molecular formula is C14H22N4S. The summed E-state index contributed by atoms with van der Waals surface area (Å²) in [6, 6.07) is 2.52. The Morgan fingerprint density at radius 2 is 2.11 bits per heavy atom. The van der Waals surface area contributed by atoms with Crippen LogP contribution in [-0.2, 0) is 0 Å². The third-order valence-electron chi connectivity index (χ3n) is 2.96. The monoisotopic (exact) mass is 278 g/mol. The fourth-order valence-corrected chi connectivity index (χ4v) is 2.78. The van der Waals surface area contributed by atoms with Crippen LogP contribution in [0.1, 0.15) is 40.0 Å². The lowest BCUT2D eigenvalue weighted by Gasteiger charge is -2.15. The molecule has 0 saturated carbocycles. The summed E-state index contributed by atoms with van der Waals surface area (Å²) >= 11 is 1.66. The van der Waals surface area contributed by atoms with Crippen molar-refractivity contribution in [3.63, 3.8) is 0 Å². The number of nitrogens with zero attached hydrogens (tertiary/aromatic N) is 2. The van der Waals surface area contributed by atoms with Gasteiger partial charge in [0.1, 0.15) is 10.6 Å². The highest BCUT2D eigenvalue weighted by molar-refractivity contribution is 7.16. The second-order valence-corrected chi connectivity index (χ2v) is 5.69. The Morgan fingerprint density at radius 3 is 2.84 bits per heavy atom. The molecule has 0 spiro atoms. The molecule has 0 aliphatic carbocycles. The molecule has 0 saturated heterocycles. The van der Waals surface area contributed by atoms with Gasteiger partial charge < -0.3 is 10.6 Å². The van der Waals surface area contributed by atoms with Gasteiger partial charge in [-0.15, -0.1) is 11.3 Å². The van der Waals surface area contributed by atoms with Crippen LogP contribution in [0.25, 0.3) is 10.2 Å². The summed E-state index contributed by atoms with van der Waals surface area (Å²) in [5.74, 6) is 1.67. The van der Waals surface area contributed by atoms with Crippen molar-refractivity contribution in [2.45, 2.75) is 46.1 Å². The second-order valence-electron chi connectivity index (χ2n) is 4.80. The van der Waals surface area contributed by atoms with Crippen molar-refractivity contribution < 1.29 is 0 Å². The van der Waals surface area contributed by atoms with Crippen LogP contribution in [0.15, 0.2) is 11.4 Å². The summed E-state index contributed by atoms with van der Waals surface area (Å²) < 4.78 is 0. The normalized spacial score (nSPS) is 12.6. The van der Waals surface area contributed by atoms with E-state index in [9.17, 15) is 0 Å². The van der Waals surface area contributed by atoms with Gasteiger partial charge in [0.15, 0.2) is 0 Å². The SMILES string of the molecule is CCCNc1nc(NC(C)CCC)c2ccsc2n1. The number of hydrogen-bond acceptors (Lipinski definition) is 5. The molecule has 1 unspecified atom stereocenters. The maximum Gasteiger partial charge on any atom is 0.226 e. The van der Waals surface area contributed by atoms with Gasteiger partial charge in [-0.05, 0) is 31.2 Å². The molecule has 0 aliphatic rings. The van der Waals surface area contributed by atoms with Crippen LogP contribution in [0.3, 0.4) is 0 Å². The van der Waals surface area contributed by atoms with Crippen molar-refractivity contribution in [3.05, 3.63) is 11.4 Å². The molecule has 104 valence electrons. The molecule has 19 heavy (non-hydrogen) atoms. The number of aromatic nitrogens is 2. The van der Waals surface area contributed by atoms with Gasteiger partial charge in [0, 0.05) is 12.6 Å². The quantitative estimate of drug-likeness (QED) is 0.800. The van der Waals surface area contributed by atoms with E-state index in [0.717, 1.165) is 41.4 Å². The van der Waals surface area contributed by atoms with Gasteiger partial charge in [-0.25, -0.2) is 4.98 Å². The maximum atomic E-state index is 4.61. The van der Waals surface area contributed by atoms with Crippen LogP contribution in [0.5, 0.6) is 0 Å². The van der Waals surface area contributed by atoms with Gasteiger partial charge in [0.25, 0.3) is 0 Å². The highest BCUT2D eigenvalue weighted by Gasteiger charge is 2.10. The van der Waals surface area contributed by atoms with Crippen molar-refractivity contribution in [2.24, 2.45) is 0 Å². The molecule has 2 rings (SSSR count). The van der Waals surface area contributed by atoms with Crippen LogP contribution in [-0.4, -0.2) is 22.6 Å². The standard InChI is InChI=1S/C14H22N4S/c1-4-6-10(3)16-12-11-7-9-19-13(11)18-14(17-12)15-8-5-2/h7,9-10H,4-6,8H2,1-3H3,(H2,15,16,17,18). The lowest BCUT2D eigenvalue weighted by atomic mass is 10.2. The largest absolute Gasteiger partial charge is 0.367 e. The molecule has 5 heteroatoms. The number of hydrogen-bond donors (Lipinski definition) is 2. The molecule has 2 heterocycles. The van der Waals surface area contributed by atoms with Gasteiger partial charge in [-0.3, -0.25) is 0 Å². The summed E-state index contributed by atoms with van der Waals surface area (Å²) in [7, 11) is 0. The first kappa shape index (κ1) is 14.1. The lowest BCUT2D eigenvalue weighted by molar-refractivity contribution is 0.688. The molecule has 0 amide bonds. The second kappa shape index (κ2) is 6.70. The van der Waals surface area contributed by atoms with E-state index >= 15 is 0 Å². The summed E-state index contributed by atoms with van der Waals surface area (Å²) in [6.07, 6.45) is 3.39. The average Bonchev–Trinajstić information content (AvgIpc) is 2.85. The Morgan fingerprint density at radius 1 is 1.26 bits per heavy atom. The zero-order valence-electron chi connectivity index (χ0n) is 11.9. The first-order valence-electron chi connectivity index (χ1n) is 7.00.